The smallest absolute Gasteiger partial charge is 0.309 e. The summed E-state index contributed by atoms with van der Waals surface area (Å²) in [6.45, 7) is 2.13. The fourth-order valence-electron chi connectivity index (χ4n) is 2.80. The van der Waals surface area contributed by atoms with Crippen LogP contribution >= 0.6 is 0 Å². The SMILES string of the molecule is CC1CCCC(Cc2cnoc2)(C(=O)O)C1. The number of aliphatic carboxylic acids is 1. The van der Waals surface area contributed by atoms with Crippen molar-refractivity contribution in [3.63, 3.8) is 0 Å². The molecule has 1 saturated carbocycles. The standard InChI is InChI=1S/C12H17NO3/c1-9-3-2-4-12(5-9,11(14)15)6-10-7-13-16-8-10/h7-9H,2-6H2,1H3,(H,14,15). The summed E-state index contributed by atoms with van der Waals surface area (Å²) in [5.41, 5.74) is 0.278. The summed E-state index contributed by atoms with van der Waals surface area (Å²) in [7, 11) is 0. The van der Waals surface area contributed by atoms with Gasteiger partial charge in [0.05, 0.1) is 11.6 Å². The third-order valence-corrected chi connectivity index (χ3v) is 3.57. The van der Waals surface area contributed by atoms with Crippen molar-refractivity contribution in [2.75, 3.05) is 0 Å². The average Bonchev–Trinajstić information content (AvgIpc) is 2.70. The summed E-state index contributed by atoms with van der Waals surface area (Å²) >= 11 is 0. The molecule has 1 aliphatic rings. The first kappa shape index (κ1) is 11.2. The number of carboxylic acid groups (broad SMARTS) is 1. The van der Waals surface area contributed by atoms with E-state index >= 15 is 0 Å². The van der Waals surface area contributed by atoms with E-state index in [-0.39, 0.29) is 0 Å². The number of nitrogens with zero attached hydrogens (tertiary/aromatic N) is 1. The number of carbonyl (C=O) groups is 1. The summed E-state index contributed by atoms with van der Waals surface area (Å²) in [6, 6.07) is 0. The van der Waals surface area contributed by atoms with Crippen LogP contribution in [0.2, 0.25) is 0 Å². The van der Waals surface area contributed by atoms with Crippen molar-refractivity contribution in [3.05, 3.63) is 18.0 Å². The van der Waals surface area contributed by atoms with E-state index in [9.17, 15) is 9.90 Å². The molecule has 16 heavy (non-hydrogen) atoms. The summed E-state index contributed by atoms with van der Waals surface area (Å²) in [5, 5.41) is 13.1. The average molecular weight is 223 g/mol. The highest BCUT2D eigenvalue weighted by Gasteiger charge is 2.42. The minimum Gasteiger partial charge on any atom is -0.481 e. The third kappa shape index (κ3) is 2.10. The van der Waals surface area contributed by atoms with Gasteiger partial charge in [-0.2, -0.15) is 0 Å². The molecule has 1 aliphatic carbocycles. The molecule has 0 aliphatic heterocycles. The van der Waals surface area contributed by atoms with Crippen molar-refractivity contribution in [2.45, 2.75) is 39.0 Å². The lowest BCUT2D eigenvalue weighted by Gasteiger charge is -2.36. The zero-order chi connectivity index (χ0) is 11.6. The van der Waals surface area contributed by atoms with Gasteiger partial charge in [-0.25, -0.2) is 0 Å². The van der Waals surface area contributed by atoms with Crippen LogP contribution in [0.25, 0.3) is 0 Å². The van der Waals surface area contributed by atoms with Gasteiger partial charge in [-0.3, -0.25) is 4.79 Å². The first-order valence-corrected chi connectivity index (χ1v) is 5.74. The molecule has 2 rings (SSSR count). The molecule has 0 spiro atoms. The molecule has 2 unspecified atom stereocenters. The Balaban J connectivity index is 2.18. The van der Waals surface area contributed by atoms with E-state index in [4.69, 9.17) is 4.52 Å². The largest absolute Gasteiger partial charge is 0.481 e. The van der Waals surface area contributed by atoms with Gasteiger partial charge in [0, 0.05) is 5.56 Å². The monoisotopic (exact) mass is 223 g/mol. The van der Waals surface area contributed by atoms with E-state index in [1.54, 1.807) is 12.5 Å². The molecule has 1 heterocycles. The minimum atomic E-state index is -0.680. The molecule has 4 nitrogen and oxygen atoms in total. The van der Waals surface area contributed by atoms with Crippen molar-refractivity contribution >= 4 is 5.97 Å². The second-order valence-electron chi connectivity index (χ2n) is 5.00. The number of hydrogen-bond donors (Lipinski definition) is 1. The fourth-order valence-corrected chi connectivity index (χ4v) is 2.80. The van der Waals surface area contributed by atoms with E-state index < -0.39 is 11.4 Å². The van der Waals surface area contributed by atoms with Crippen LogP contribution in [0.4, 0.5) is 0 Å². The van der Waals surface area contributed by atoms with E-state index in [2.05, 4.69) is 12.1 Å². The maximum Gasteiger partial charge on any atom is 0.309 e. The van der Waals surface area contributed by atoms with Crippen molar-refractivity contribution < 1.29 is 14.4 Å². The van der Waals surface area contributed by atoms with Crippen LogP contribution in [0.5, 0.6) is 0 Å². The lowest BCUT2D eigenvalue weighted by atomic mass is 9.67. The lowest BCUT2D eigenvalue weighted by molar-refractivity contribution is -0.152. The first-order chi connectivity index (χ1) is 7.62. The molecule has 1 N–H and O–H groups in total. The number of carboxylic acids is 1. The topological polar surface area (TPSA) is 63.3 Å². The van der Waals surface area contributed by atoms with Gasteiger partial charge in [-0.15, -0.1) is 0 Å². The zero-order valence-electron chi connectivity index (χ0n) is 9.48. The minimum absolute atomic E-state index is 0.490. The van der Waals surface area contributed by atoms with Crippen LogP contribution in [-0.4, -0.2) is 16.2 Å². The lowest BCUT2D eigenvalue weighted by Crippen LogP contribution is -2.37. The normalized spacial score (nSPS) is 30.2. The predicted molar refractivity (Wildman–Crippen MR) is 57.9 cm³/mol. The molecule has 1 aromatic rings. The molecule has 0 amide bonds. The van der Waals surface area contributed by atoms with Crippen LogP contribution in [-0.2, 0) is 11.2 Å². The highest BCUT2D eigenvalue weighted by molar-refractivity contribution is 5.75. The Labute approximate surface area is 94.6 Å². The maximum absolute atomic E-state index is 11.5. The van der Waals surface area contributed by atoms with Crippen molar-refractivity contribution in [1.29, 1.82) is 0 Å². The Hall–Kier alpha value is -1.32. The molecule has 2 atom stereocenters. The Morgan fingerprint density at radius 2 is 2.56 bits per heavy atom. The van der Waals surface area contributed by atoms with Crippen molar-refractivity contribution in [2.24, 2.45) is 11.3 Å². The number of hydrogen-bond acceptors (Lipinski definition) is 3. The van der Waals surface area contributed by atoms with Crippen LogP contribution in [0, 0.1) is 11.3 Å². The first-order valence-electron chi connectivity index (χ1n) is 5.74. The molecule has 1 aromatic heterocycles. The van der Waals surface area contributed by atoms with E-state index in [1.807, 2.05) is 0 Å². The molecule has 0 radical (unpaired) electrons. The number of rotatable bonds is 3. The van der Waals surface area contributed by atoms with Crippen LogP contribution < -0.4 is 0 Å². The van der Waals surface area contributed by atoms with Crippen molar-refractivity contribution in [1.82, 2.24) is 5.16 Å². The van der Waals surface area contributed by atoms with Gasteiger partial charge >= 0.3 is 5.97 Å². The Morgan fingerprint density at radius 1 is 1.75 bits per heavy atom. The fraction of sp³-hybridized carbons (Fsp3) is 0.667. The third-order valence-electron chi connectivity index (χ3n) is 3.57. The number of aromatic nitrogens is 1. The van der Waals surface area contributed by atoms with Gasteiger partial charge in [0.15, 0.2) is 0 Å². The van der Waals surface area contributed by atoms with Gasteiger partial charge in [-0.05, 0) is 25.2 Å². The molecule has 0 saturated heterocycles. The van der Waals surface area contributed by atoms with Crippen molar-refractivity contribution in [3.8, 4) is 0 Å². The quantitative estimate of drug-likeness (QED) is 0.855. The van der Waals surface area contributed by atoms with Crippen LogP contribution in [0.1, 0.15) is 38.2 Å². The second-order valence-corrected chi connectivity index (χ2v) is 5.00. The van der Waals surface area contributed by atoms with Gasteiger partial charge in [-0.1, -0.05) is 24.9 Å². The predicted octanol–water partition coefficient (Wildman–Crippen LogP) is 2.50. The highest BCUT2D eigenvalue weighted by Crippen LogP contribution is 2.42. The Morgan fingerprint density at radius 3 is 3.12 bits per heavy atom. The molecule has 1 fully saturated rings. The summed E-state index contributed by atoms with van der Waals surface area (Å²) < 4.78 is 4.76. The van der Waals surface area contributed by atoms with Gasteiger partial charge in [0.2, 0.25) is 0 Å². The highest BCUT2D eigenvalue weighted by atomic mass is 16.5. The van der Waals surface area contributed by atoms with E-state index in [1.165, 1.54) is 0 Å². The second kappa shape index (κ2) is 4.28. The molecule has 0 bridgehead atoms. The molecule has 88 valence electrons. The molecular weight excluding hydrogens is 206 g/mol. The van der Waals surface area contributed by atoms with E-state index in [0.29, 0.717) is 12.3 Å². The van der Waals surface area contributed by atoms with Gasteiger partial charge in [0.25, 0.3) is 0 Å². The summed E-state index contributed by atoms with van der Waals surface area (Å²) in [4.78, 5) is 11.5. The Bertz CT molecular complexity index is 360. The molecular formula is C12H17NO3. The van der Waals surface area contributed by atoms with Crippen LogP contribution in [0.3, 0.4) is 0 Å². The molecule has 0 aromatic carbocycles. The zero-order valence-corrected chi connectivity index (χ0v) is 9.48. The van der Waals surface area contributed by atoms with Gasteiger partial charge < -0.3 is 9.63 Å². The summed E-state index contributed by atoms with van der Waals surface area (Å²) in [5.74, 6) is -0.190. The maximum atomic E-state index is 11.5. The van der Waals surface area contributed by atoms with E-state index in [0.717, 1.165) is 31.2 Å². The van der Waals surface area contributed by atoms with Crippen LogP contribution in [0.15, 0.2) is 17.0 Å². The van der Waals surface area contributed by atoms with Gasteiger partial charge in [0.1, 0.15) is 6.26 Å². The summed E-state index contributed by atoms with van der Waals surface area (Å²) in [6.07, 6.45) is 7.35. The Kier molecular flexibility index (Phi) is 2.99. The molecule has 4 heteroatoms.